The Bertz CT molecular complexity index is 884. The highest BCUT2D eigenvalue weighted by molar-refractivity contribution is 7.10. The topological polar surface area (TPSA) is 54.5 Å². The summed E-state index contributed by atoms with van der Waals surface area (Å²) in [6.07, 6.45) is 1.67. The van der Waals surface area contributed by atoms with Crippen LogP contribution in [0, 0.1) is 0 Å². The van der Waals surface area contributed by atoms with E-state index in [1.807, 2.05) is 37.7 Å². The van der Waals surface area contributed by atoms with Crippen molar-refractivity contribution in [3.8, 4) is 5.75 Å². The van der Waals surface area contributed by atoms with Crippen LogP contribution in [0.25, 0.3) is 10.9 Å². The Morgan fingerprint density at radius 3 is 2.88 bits per heavy atom. The monoisotopic (exact) mass is 389 g/mol. The largest absolute Gasteiger partial charge is 0.481 e. The standard InChI is InChI=1S/C19H20ClN3O2S/c1-23(2)15(17-6-4-10-26-17)11-22-18(24)12-25-16-8-7-14(20)13-5-3-9-21-19(13)16/h3-10,15H,11-12H2,1-2H3,(H,22,24)/t15-/m1/s1. The molecule has 3 aromatic rings. The molecule has 0 spiro atoms. The van der Waals surface area contributed by atoms with Crippen molar-refractivity contribution in [2.75, 3.05) is 27.2 Å². The fourth-order valence-electron chi connectivity index (χ4n) is 2.65. The van der Waals surface area contributed by atoms with Gasteiger partial charge < -0.3 is 15.0 Å². The quantitative estimate of drug-likeness (QED) is 0.668. The minimum absolute atomic E-state index is 0.0715. The summed E-state index contributed by atoms with van der Waals surface area (Å²) in [5.41, 5.74) is 0.651. The molecule has 0 bridgehead atoms. The van der Waals surface area contributed by atoms with Crippen LogP contribution in [0.5, 0.6) is 5.75 Å². The van der Waals surface area contributed by atoms with Gasteiger partial charge in [-0.2, -0.15) is 0 Å². The van der Waals surface area contributed by atoms with Gasteiger partial charge in [0.1, 0.15) is 11.3 Å². The number of hydrogen-bond donors (Lipinski definition) is 1. The van der Waals surface area contributed by atoms with E-state index in [1.54, 1.807) is 29.7 Å². The zero-order chi connectivity index (χ0) is 18.5. The zero-order valence-corrected chi connectivity index (χ0v) is 16.2. The van der Waals surface area contributed by atoms with E-state index in [2.05, 4.69) is 21.3 Å². The minimum Gasteiger partial charge on any atom is -0.481 e. The number of halogens is 1. The zero-order valence-electron chi connectivity index (χ0n) is 14.6. The molecular formula is C19H20ClN3O2S. The second-order valence-electron chi connectivity index (χ2n) is 6.03. The van der Waals surface area contributed by atoms with Crippen LogP contribution in [0.2, 0.25) is 5.02 Å². The van der Waals surface area contributed by atoms with Crippen molar-refractivity contribution in [2.24, 2.45) is 0 Å². The number of carbonyl (C=O) groups excluding carboxylic acids is 1. The van der Waals surface area contributed by atoms with Crippen LogP contribution in [0.4, 0.5) is 0 Å². The Morgan fingerprint density at radius 1 is 1.31 bits per heavy atom. The van der Waals surface area contributed by atoms with Crippen LogP contribution >= 0.6 is 22.9 Å². The number of amides is 1. The second kappa shape index (κ2) is 8.49. The molecule has 2 heterocycles. The summed E-state index contributed by atoms with van der Waals surface area (Å²) in [6.45, 7) is 0.452. The number of thiophene rings is 1. The molecule has 0 aliphatic rings. The van der Waals surface area contributed by atoms with Crippen molar-refractivity contribution in [1.29, 1.82) is 0 Å². The summed E-state index contributed by atoms with van der Waals surface area (Å²) in [4.78, 5) is 19.8. The molecule has 0 unspecified atom stereocenters. The molecule has 0 radical (unpaired) electrons. The van der Waals surface area contributed by atoms with Gasteiger partial charge in [-0.1, -0.05) is 17.7 Å². The molecule has 0 aliphatic carbocycles. The average Bonchev–Trinajstić information content (AvgIpc) is 3.15. The molecule has 26 heavy (non-hydrogen) atoms. The number of fused-ring (bicyclic) bond motifs is 1. The number of ether oxygens (including phenoxy) is 1. The summed E-state index contributed by atoms with van der Waals surface area (Å²) in [7, 11) is 4.00. The van der Waals surface area contributed by atoms with Gasteiger partial charge in [0.2, 0.25) is 0 Å². The third-order valence-corrected chi connectivity index (χ3v) is 5.33. The number of hydrogen-bond acceptors (Lipinski definition) is 5. The maximum absolute atomic E-state index is 12.2. The van der Waals surface area contributed by atoms with E-state index in [0.717, 1.165) is 5.39 Å². The van der Waals surface area contributed by atoms with Gasteiger partial charge in [-0.05, 0) is 49.8 Å². The van der Waals surface area contributed by atoms with Gasteiger partial charge in [0.25, 0.3) is 5.91 Å². The molecule has 1 N–H and O–H groups in total. The van der Waals surface area contributed by atoms with Crippen molar-refractivity contribution >= 4 is 39.7 Å². The number of pyridine rings is 1. The Morgan fingerprint density at radius 2 is 2.15 bits per heavy atom. The fraction of sp³-hybridized carbons (Fsp3) is 0.263. The predicted molar refractivity (Wildman–Crippen MR) is 106 cm³/mol. The molecule has 5 nitrogen and oxygen atoms in total. The van der Waals surface area contributed by atoms with E-state index < -0.39 is 0 Å². The summed E-state index contributed by atoms with van der Waals surface area (Å²) in [6, 6.07) is 11.4. The maximum atomic E-state index is 12.2. The number of nitrogens with one attached hydrogen (secondary N) is 1. The predicted octanol–water partition coefficient (Wildman–Crippen LogP) is 3.75. The van der Waals surface area contributed by atoms with Gasteiger partial charge in [-0.15, -0.1) is 11.3 Å². The number of aromatic nitrogens is 1. The SMILES string of the molecule is CN(C)[C@H](CNC(=O)COc1ccc(Cl)c2cccnc12)c1cccs1. The molecule has 3 rings (SSSR count). The third kappa shape index (κ3) is 4.33. The Hall–Kier alpha value is -2.15. The third-order valence-electron chi connectivity index (χ3n) is 4.03. The lowest BCUT2D eigenvalue weighted by molar-refractivity contribution is -0.123. The van der Waals surface area contributed by atoms with Crippen LogP contribution < -0.4 is 10.1 Å². The smallest absolute Gasteiger partial charge is 0.258 e. The number of likely N-dealkylation sites (N-methyl/N-ethyl adjacent to an activating group) is 1. The normalized spacial score (nSPS) is 12.3. The van der Waals surface area contributed by atoms with Gasteiger partial charge in [0, 0.05) is 23.0 Å². The molecule has 2 aromatic heterocycles. The highest BCUT2D eigenvalue weighted by Crippen LogP contribution is 2.29. The fourth-order valence-corrected chi connectivity index (χ4v) is 3.79. The first-order valence-corrected chi connectivity index (χ1v) is 9.44. The van der Waals surface area contributed by atoms with Crippen LogP contribution in [-0.2, 0) is 4.79 Å². The van der Waals surface area contributed by atoms with Crippen molar-refractivity contribution < 1.29 is 9.53 Å². The lowest BCUT2D eigenvalue weighted by Crippen LogP contribution is -2.36. The van der Waals surface area contributed by atoms with Gasteiger partial charge in [-0.3, -0.25) is 9.78 Å². The van der Waals surface area contributed by atoms with Gasteiger partial charge >= 0.3 is 0 Å². The number of rotatable bonds is 7. The van der Waals surface area contributed by atoms with Crippen LogP contribution in [-0.4, -0.2) is 43.0 Å². The molecule has 0 saturated carbocycles. The number of benzene rings is 1. The first kappa shape index (κ1) is 18.6. The van der Waals surface area contributed by atoms with Crippen molar-refractivity contribution in [1.82, 2.24) is 15.2 Å². The maximum Gasteiger partial charge on any atom is 0.258 e. The Balaban J connectivity index is 1.60. The summed E-state index contributed by atoms with van der Waals surface area (Å²) in [5.74, 6) is 0.370. The first-order chi connectivity index (χ1) is 12.6. The van der Waals surface area contributed by atoms with E-state index in [9.17, 15) is 4.79 Å². The van der Waals surface area contributed by atoms with E-state index in [-0.39, 0.29) is 18.6 Å². The molecule has 1 aromatic carbocycles. The molecule has 1 amide bonds. The van der Waals surface area contributed by atoms with E-state index >= 15 is 0 Å². The summed E-state index contributed by atoms with van der Waals surface area (Å²) >= 11 is 7.86. The highest BCUT2D eigenvalue weighted by Gasteiger charge is 2.16. The molecule has 136 valence electrons. The Kier molecular flexibility index (Phi) is 6.08. The first-order valence-electron chi connectivity index (χ1n) is 8.19. The average molecular weight is 390 g/mol. The molecular weight excluding hydrogens is 370 g/mol. The number of carbonyl (C=O) groups is 1. The summed E-state index contributed by atoms with van der Waals surface area (Å²) < 4.78 is 5.68. The van der Waals surface area contributed by atoms with Gasteiger partial charge in [-0.25, -0.2) is 0 Å². The molecule has 7 heteroatoms. The van der Waals surface area contributed by atoms with Crippen LogP contribution in [0.15, 0.2) is 48.0 Å². The van der Waals surface area contributed by atoms with E-state index in [0.29, 0.717) is 22.8 Å². The van der Waals surface area contributed by atoms with Crippen molar-refractivity contribution in [3.63, 3.8) is 0 Å². The molecule has 1 atom stereocenters. The summed E-state index contributed by atoms with van der Waals surface area (Å²) in [5, 5.41) is 6.38. The van der Waals surface area contributed by atoms with E-state index in [1.165, 1.54) is 4.88 Å². The van der Waals surface area contributed by atoms with E-state index in [4.69, 9.17) is 16.3 Å². The van der Waals surface area contributed by atoms with Gasteiger partial charge in [0.05, 0.1) is 11.1 Å². The molecule has 0 aliphatic heterocycles. The van der Waals surface area contributed by atoms with Gasteiger partial charge in [0.15, 0.2) is 6.61 Å². The lowest BCUT2D eigenvalue weighted by atomic mass is 10.2. The van der Waals surface area contributed by atoms with Crippen molar-refractivity contribution in [2.45, 2.75) is 6.04 Å². The highest BCUT2D eigenvalue weighted by atomic mass is 35.5. The van der Waals surface area contributed by atoms with Crippen molar-refractivity contribution in [3.05, 3.63) is 57.9 Å². The molecule has 0 fully saturated rings. The van der Waals surface area contributed by atoms with Crippen LogP contribution in [0.1, 0.15) is 10.9 Å². The number of nitrogens with zero attached hydrogens (tertiary/aromatic N) is 2. The Labute approximate surface area is 161 Å². The van der Waals surface area contributed by atoms with Crippen LogP contribution in [0.3, 0.4) is 0 Å². The molecule has 0 saturated heterocycles. The lowest BCUT2D eigenvalue weighted by Gasteiger charge is -2.23. The minimum atomic E-state index is -0.174. The second-order valence-corrected chi connectivity index (χ2v) is 7.42.